The maximum Gasteiger partial charge on any atom is 0.219 e. The normalized spacial score (nSPS) is 14.0. The maximum absolute atomic E-state index is 12.9. The number of thiazole rings is 1. The number of hydrogen-bond donors (Lipinski definition) is 2. The predicted molar refractivity (Wildman–Crippen MR) is 128 cm³/mol. The number of nitrogen functional groups attached to an aromatic ring is 1. The first-order chi connectivity index (χ1) is 14.8. The van der Waals surface area contributed by atoms with Crippen molar-refractivity contribution in [1.82, 2.24) is 9.88 Å². The van der Waals surface area contributed by atoms with Crippen LogP contribution in [0.25, 0.3) is 0 Å². The number of amides is 1. The van der Waals surface area contributed by atoms with E-state index in [1.165, 1.54) is 11.3 Å². The average Bonchev–Trinajstić information content (AvgIpc) is 3.28. The predicted octanol–water partition coefficient (Wildman–Crippen LogP) is 4.05. The van der Waals surface area contributed by atoms with E-state index in [4.69, 9.17) is 5.73 Å². The number of nitrogens with one attached hydrogen (secondary N) is 1. The van der Waals surface area contributed by atoms with Gasteiger partial charge in [-0.05, 0) is 44.2 Å². The third kappa shape index (κ3) is 4.57. The second kappa shape index (κ2) is 8.68. The highest BCUT2D eigenvalue weighted by Gasteiger charge is 2.21. The smallest absolute Gasteiger partial charge is 0.219 e. The van der Waals surface area contributed by atoms with Gasteiger partial charge in [-0.1, -0.05) is 11.3 Å². The van der Waals surface area contributed by atoms with Gasteiger partial charge in [0.1, 0.15) is 10.7 Å². The molecule has 9 heteroatoms. The van der Waals surface area contributed by atoms with Crippen LogP contribution < -0.4 is 16.0 Å². The quantitative estimate of drug-likeness (QED) is 0.564. The monoisotopic (exact) mass is 455 g/mol. The van der Waals surface area contributed by atoms with E-state index in [9.17, 15) is 9.59 Å². The lowest BCUT2D eigenvalue weighted by Gasteiger charge is -2.35. The summed E-state index contributed by atoms with van der Waals surface area (Å²) in [5.74, 6) is 0.301. The van der Waals surface area contributed by atoms with Gasteiger partial charge in [-0.15, -0.1) is 11.3 Å². The Morgan fingerprint density at radius 1 is 1.06 bits per heavy atom. The second-order valence-electron chi connectivity index (χ2n) is 7.55. The molecule has 0 radical (unpaired) electrons. The zero-order valence-electron chi connectivity index (χ0n) is 17.8. The SMILES string of the molecule is CC(=O)N1CCN(c2ccc(Nc3nc(N)c(C(=O)c4cc(C)sc4C)s3)cc2)CC1. The number of aryl methyl sites for hydroxylation is 2. The van der Waals surface area contributed by atoms with Crippen LogP contribution in [0.2, 0.25) is 0 Å². The van der Waals surface area contributed by atoms with Crippen molar-refractivity contribution in [2.75, 3.05) is 42.1 Å². The highest BCUT2D eigenvalue weighted by molar-refractivity contribution is 7.18. The van der Waals surface area contributed by atoms with Gasteiger partial charge < -0.3 is 20.9 Å². The topological polar surface area (TPSA) is 91.6 Å². The van der Waals surface area contributed by atoms with Gasteiger partial charge in [-0.2, -0.15) is 0 Å². The molecule has 2 aromatic heterocycles. The number of ketones is 1. The van der Waals surface area contributed by atoms with E-state index in [0.717, 1.165) is 47.3 Å². The molecule has 162 valence electrons. The highest BCUT2D eigenvalue weighted by Crippen LogP contribution is 2.32. The first kappa shape index (κ1) is 21.3. The van der Waals surface area contributed by atoms with Crippen LogP contribution in [0.15, 0.2) is 30.3 Å². The summed E-state index contributed by atoms with van der Waals surface area (Å²) < 4.78 is 0. The Morgan fingerprint density at radius 2 is 1.74 bits per heavy atom. The van der Waals surface area contributed by atoms with Gasteiger partial charge in [0.05, 0.1) is 0 Å². The molecule has 7 nitrogen and oxygen atoms in total. The summed E-state index contributed by atoms with van der Waals surface area (Å²) >= 11 is 2.88. The maximum atomic E-state index is 12.9. The standard InChI is InChI=1S/C22H25N5O2S2/c1-13-12-18(14(2)30-13)19(29)20-21(23)25-22(31-20)24-16-4-6-17(7-5-16)27-10-8-26(9-11-27)15(3)28/h4-7,12H,8-11,23H2,1-3H3,(H,24,25). The van der Waals surface area contributed by atoms with Gasteiger partial charge in [0.2, 0.25) is 11.7 Å². The Bertz CT molecular complexity index is 1110. The Hall–Kier alpha value is -2.91. The van der Waals surface area contributed by atoms with Gasteiger partial charge in [0, 0.05) is 59.8 Å². The number of hydrogen-bond acceptors (Lipinski definition) is 8. The van der Waals surface area contributed by atoms with Crippen LogP contribution in [-0.2, 0) is 4.79 Å². The fourth-order valence-electron chi connectivity index (χ4n) is 3.69. The number of piperazine rings is 1. The lowest BCUT2D eigenvalue weighted by molar-refractivity contribution is -0.129. The summed E-state index contributed by atoms with van der Waals surface area (Å²) in [4.78, 5) is 35.4. The van der Waals surface area contributed by atoms with Crippen molar-refractivity contribution in [2.45, 2.75) is 20.8 Å². The van der Waals surface area contributed by atoms with Crippen molar-refractivity contribution in [1.29, 1.82) is 0 Å². The molecule has 3 aromatic rings. The third-order valence-electron chi connectivity index (χ3n) is 5.35. The van der Waals surface area contributed by atoms with Crippen molar-refractivity contribution in [3.63, 3.8) is 0 Å². The Morgan fingerprint density at radius 3 is 2.32 bits per heavy atom. The molecule has 4 rings (SSSR count). The minimum atomic E-state index is -0.0787. The second-order valence-corrected chi connectivity index (χ2v) is 10.0. The van der Waals surface area contributed by atoms with Gasteiger partial charge in [-0.3, -0.25) is 9.59 Å². The minimum Gasteiger partial charge on any atom is -0.382 e. The van der Waals surface area contributed by atoms with Crippen molar-refractivity contribution < 1.29 is 9.59 Å². The van der Waals surface area contributed by atoms with Crippen molar-refractivity contribution in [2.24, 2.45) is 0 Å². The number of carbonyl (C=O) groups excluding carboxylic acids is 2. The molecule has 0 saturated carbocycles. The number of nitrogens with two attached hydrogens (primary N) is 1. The number of anilines is 4. The summed E-state index contributed by atoms with van der Waals surface area (Å²) in [5.41, 5.74) is 8.74. The Balaban J connectivity index is 1.43. The van der Waals surface area contributed by atoms with Crippen molar-refractivity contribution in [3.8, 4) is 0 Å². The van der Waals surface area contributed by atoms with Crippen LogP contribution >= 0.6 is 22.7 Å². The summed E-state index contributed by atoms with van der Waals surface area (Å²) in [7, 11) is 0. The van der Waals surface area contributed by atoms with Crippen LogP contribution in [-0.4, -0.2) is 47.8 Å². The Kier molecular flexibility index (Phi) is 5.97. The molecule has 1 aliphatic heterocycles. The van der Waals surface area contributed by atoms with Crippen LogP contribution in [0.4, 0.5) is 22.3 Å². The van der Waals surface area contributed by atoms with Gasteiger partial charge in [0.15, 0.2) is 5.13 Å². The molecular formula is C22H25N5O2S2. The summed E-state index contributed by atoms with van der Waals surface area (Å²) in [6, 6.07) is 9.97. The van der Waals surface area contributed by atoms with E-state index in [0.29, 0.717) is 15.6 Å². The fraction of sp³-hybridized carbons (Fsp3) is 0.318. The molecule has 31 heavy (non-hydrogen) atoms. The van der Waals surface area contributed by atoms with Crippen molar-refractivity contribution in [3.05, 3.63) is 50.5 Å². The average molecular weight is 456 g/mol. The molecule has 0 unspecified atom stereocenters. The van der Waals surface area contributed by atoms with E-state index in [-0.39, 0.29) is 17.5 Å². The summed E-state index contributed by atoms with van der Waals surface area (Å²) in [5, 5.41) is 3.84. The molecule has 3 N–H and O–H groups in total. The van der Waals surface area contributed by atoms with Crippen LogP contribution in [0.5, 0.6) is 0 Å². The molecule has 1 aromatic carbocycles. The van der Waals surface area contributed by atoms with E-state index < -0.39 is 0 Å². The largest absolute Gasteiger partial charge is 0.382 e. The molecule has 0 aliphatic carbocycles. The van der Waals surface area contributed by atoms with Crippen LogP contribution in [0.1, 0.15) is 31.9 Å². The molecule has 1 fully saturated rings. The number of rotatable bonds is 5. The zero-order valence-corrected chi connectivity index (χ0v) is 19.4. The molecule has 0 bridgehead atoms. The van der Waals surface area contributed by atoms with Gasteiger partial charge in [0.25, 0.3) is 0 Å². The molecule has 3 heterocycles. The lowest BCUT2D eigenvalue weighted by atomic mass is 10.1. The highest BCUT2D eigenvalue weighted by atomic mass is 32.1. The van der Waals surface area contributed by atoms with E-state index in [2.05, 4.69) is 15.2 Å². The first-order valence-electron chi connectivity index (χ1n) is 10.1. The zero-order chi connectivity index (χ0) is 22.1. The summed E-state index contributed by atoms with van der Waals surface area (Å²) in [6.07, 6.45) is 0. The summed E-state index contributed by atoms with van der Waals surface area (Å²) in [6.45, 7) is 8.68. The molecule has 1 saturated heterocycles. The van der Waals surface area contributed by atoms with E-state index >= 15 is 0 Å². The third-order valence-corrected chi connectivity index (χ3v) is 7.31. The molecule has 1 aliphatic rings. The van der Waals surface area contributed by atoms with Gasteiger partial charge >= 0.3 is 0 Å². The number of nitrogens with zero attached hydrogens (tertiary/aromatic N) is 3. The molecule has 0 spiro atoms. The number of thiophene rings is 1. The number of benzene rings is 1. The lowest BCUT2D eigenvalue weighted by Crippen LogP contribution is -2.48. The first-order valence-corrected chi connectivity index (χ1v) is 11.7. The minimum absolute atomic E-state index is 0.0787. The molecule has 0 atom stereocenters. The van der Waals surface area contributed by atoms with Crippen LogP contribution in [0, 0.1) is 13.8 Å². The van der Waals surface area contributed by atoms with E-state index in [1.54, 1.807) is 18.3 Å². The molecule has 1 amide bonds. The Labute approximate surface area is 189 Å². The van der Waals surface area contributed by atoms with Crippen LogP contribution in [0.3, 0.4) is 0 Å². The fourth-order valence-corrected chi connectivity index (χ4v) is 5.47. The van der Waals surface area contributed by atoms with E-state index in [1.807, 2.05) is 49.1 Å². The van der Waals surface area contributed by atoms with Crippen molar-refractivity contribution >= 4 is 56.7 Å². The number of carbonyl (C=O) groups is 2. The van der Waals surface area contributed by atoms with Gasteiger partial charge in [-0.25, -0.2) is 4.98 Å². The molecular weight excluding hydrogens is 430 g/mol. The number of aromatic nitrogens is 1.